The number of aromatic nitrogens is 4. The van der Waals surface area contributed by atoms with Gasteiger partial charge in [0.05, 0.1) is 24.9 Å². The van der Waals surface area contributed by atoms with E-state index in [2.05, 4.69) is 15.3 Å². The molecule has 0 saturated carbocycles. The third kappa shape index (κ3) is 4.26. The van der Waals surface area contributed by atoms with Gasteiger partial charge in [-0.25, -0.2) is 4.68 Å². The highest BCUT2D eigenvalue weighted by molar-refractivity contribution is 7.71. The maximum Gasteiger partial charge on any atom is 0.309 e. The lowest BCUT2D eigenvalue weighted by Crippen LogP contribution is -2.38. The minimum absolute atomic E-state index is 0.00563. The molecule has 9 heteroatoms. The van der Waals surface area contributed by atoms with Crippen LogP contribution in [0.1, 0.15) is 19.8 Å². The third-order valence-electron chi connectivity index (χ3n) is 4.25. The first-order valence-corrected chi connectivity index (χ1v) is 9.05. The second-order valence-corrected chi connectivity index (χ2v) is 6.74. The van der Waals surface area contributed by atoms with Crippen LogP contribution >= 0.6 is 23.8 Å². The highest BCUT2D eigenvalue weighted by Crippen LogP contribution is 2.19. The van der Waals surface area contributed by atoms with E-state index in [1.807, 2.05) is 19.1 Å². The molecule has 25 heavy (non-hydrogen) atoms. The molecule has 1 fully saturated rings. The van der Waals surface area contributed by atoms with E-state index in [0.29, 0.717) is 23.1 Å². The van der Waals surface area contributed by atoms with E-state index in [1.165, 1.54) is 0 Å². The van der Waals surface area contributed by atoms with Gasteiger partial charge in [-0.15, -0.1) is 0 Å². The fraction of sp³-hybridized carbons (Fsp3) is 0.500. The number of tetrazole rings is 1. The molecule has 0 N–H and O–H groups in total. The van der Waals surface area contributed by atoms with Crippen molar-refractivity contribution in [2.45, 2.75) is 26.4 Å². The molecular weight excluding hydrogens is 362 g/mol. The summed E-state index contributed by atoms with van der Waals surface area (Å²) in [5.74, 6) is -0.0960. The van der Waals surface area contributed by atoms with Crippen molar-refractivity contribution >= 4 is 29.8 Å². The number of hydrogen-bond acceptors (Lipinski definition) is 6. The Hall–Kier alpha value is -1.77. The SMILES string of the molecule is CCOC(=O)C1CCN(Cn2nnn(-c3ccc(Cl)cc3)c2=S)CC1. The number of carbonyl (C=O) groups excluding carboxylic acids is 1. The van der Waals surface area contributed by atoms with Crippen LogP contribution in [0.4, 0.5) is 0 Å². The van der Waals surface area contributed by atoms with E-state index in [1.54, 1.807) is 21.5 Å². The first kappa shape index (κ1) is 18.0. The van der Waals surface area contributed by atoms with Gasteiger partial charge >= 0.3 is 5.97 Å². The van der Waals surface area contributed by atoms with Crippen LogP contribution < -0.4 is 0 Å². The van der Waals surface area contributed by atoms with E-state index < -0.39 is 0 Å². The number of hydrogen-bond donors (Lipinski definition) is 0. The Balaban J connectivity index is 1.62. The lowest BCUT2D eigenvalue weighted by atomic mass is 9.97. The Morgan fingerprint density at radius 1 is 1.28 bits per heavy atom. The van der Waals surface area contributed by atoms with Crippen LogP contribution in [0.3, 0.4) is 0 Å². The van der Waals surface area contributed by atoms with Gasteiger partial charge in [0.25, 0.3) is 0 Å². The molecule has 1 aromatic carbocycles. The molecule has 2 heterocycles. The maximum atomic E-state index is 11.8. The highest BCUT2D eigenvalue weighted by atomic mass is 35.5. The topological polar surface area (TPSA) is 65.2 Å². The van der Waals surface area contributed by atoms with Gasteiger partial charge in [0.2, 0.25) is 4.77 Å². The van der Waals surface area contributed by atoms with Crippen molar-refractivity contribution in [3.63, 3.8) is 0 Å². The fourth-order valence-electron chi connectivity index (χ4n) is 2.87. The van der Waals surface area contributed by atoms with Gasteiger partial charge in [0.15, 0.2) is 0 Å². The van der Waals surface area contributed by atoms with Gasteiger partial charge in [-0.2, -0.15) is 4.68 Å². The van der Waals surface area contributed by atoms with Crippen LogP contribution in [-0.4, -0.2) is 50.4 Å². The molecule has 0 bridgehead atoms. The molecule has 1 aromatic heterocycles. The van der Waals surface area contributed by atoms with Gasteiger partial charge in [0, 0.05) is 18.1 Å². The second kappa shape index (κ2) is 8.07. The molecule has 7 nitrogen and oxygen atoms in total. The molecule has 0 spiro atoms. The first-order valence-electron chi connectivity index (χ1n) is 8.26. The van der Waals surface area contributed by atoms with Crippen molar-refractivity contribution in [2.75, 3.05) is 19.7 Å². The first-order chi connectivity index (χ1) is 12.1. The predicted octanol–water partition coefficient (Wildman–Crippen LogP) is 2.68. The number of esters is 1. The Morgan fingerprint density at radius 2 is 1.96 bits per heavy atom. The summed E-state index contributed by atoms with van der Waals surface area (Å²) in [5.41, 5.74) is 0.821. The zero-order valence-corrected chi connectivity index (χ0v) is 15.5. The normalized spacial score (nSPS) is 16.1. The molecule has 0 amide bonds. The predicted molar refractivity (Wildman–Crippen MR) is 96.1 cm³/mol. The monoisotopic (exact) mass is 381 g/mol. The van der Waals surface area contributed by atoms with Crippen molar-refractivity contribution in [1.82, 2.24) is 24.7 Å². The smallest absolute Gasteiger partial charge is 0.309 e. The standard InChI is InChI=1S/C16H20ClN5O2S/c1-2-24-15(23)12-7-9-20(10-8-12)11-21-16(25)22(19-18-21)14-5-3-13(17)4-6-14/h3-6,12H,2,7-11H2,1H3. The van der Waals surface area contributed by atoms with E-state index >= 15 is 0 Å². The number of ether oxygens (including phenoxy) is 1. The molecule has 0 radical (unpaired) electrons. The number of halogens is 1. The summed E-state index contributed by atoms with van der Waals surface area (Å²) in [6.45, 7) is 4.43. The van der Waals surface area contributed by atoms with E-state index in [-0.39, 0.29) is 11.9 Å². The average Bonchev–Trinajstić information content (AvgIpc) is 2.97. The number of nitrogens with zero attached hydrogens (tertiary/aromatic N) is 5. The van der Waals surface area contributed by atoms with Crippen LogP contribution in [0.25, 0.3) is 5.69 Å². The number of likely N-dealkylation sites (tertiary alicyclic amines) is 1. The van der Waals surface area contributed by atoms with E-state index in [9.17, 15) is 4.79 Å². The van der Waals surface area contributed by atoms with Crippen LogP contribution in [0.5, 0.6) is 0 Å². The molecule has 0 unspecified atom stereocenters. The summed E-state index contributed by atoms with van der Waals surface area (Å²) in [6.07, 6.45) is 1.58. The van der Waals surface area contributed by atoms with Crippen molar-refractivity contribution in [2.24, 2.45) is 5.92 Å². The summed E-state index contributed by atoms with van der Waals surface area (Å²) < 4.78 is 8.92. The van der Waals surface area contributed by atoms with Crippen molar-refractivity contribution < 1.29 is 9.53 Å². The molecule has 1 aliphatic heterocycles. The van der Waals surface area contributed by atoms with Crippen LogP contribution in [-0.2, 0) is 16.2 Å². The zero-order valence-electron chi connectivity index (χ0n) is 14.0. The minimum atomic E-state index is -0.0903. The van der Waals surface area contributed by atoms with Crippen molar-refractivity contribution in [3.8, 4) is 5.69 Å². The Bertz CT molecular complexity index is 781. The Morgan fingerprint density at radius 3 is 2.60 bits per heavy atom. The molecule has 0 aliphatic carbocycles. The van der Waals surface area contributed by atoms with Crippen molar-refractivity contribution in [1.29, 1.82) is 0 Å². The number of piperidine rings is 1. The lowest BCUT2D eigenvalue weighted by Gasteiger charge is -2.30. The van der Waals surface area contributed by atoms with E-state index in [0.717, 1.165) is 31.6 Å². The summed E-state index contributed by atoms with van der Waals surface area (Å²) >= 11 is 11.4. The average molecular weight is 382 g/mol. The Kier molecular flexibility index (Phi) is 5.82. The summed E-state index contributed by atoms with van der Waals surface area (Å²) in [5, 5.41) is 8.94. The summed E-state index contributed by atoms with van der Waals surface area (Å²) in [4.78, 5) is 14.0. The van der Waals surface area contributed by atoms with Gasteiger partial charge in [-0.05, 0) is 66.7 Å². The number of rotatable bonds is 5. The van der Waals surface area contributed by atoms with Crippen molar-refractivity contribution in [3.05, 3.63) is 34.1 Å². The second-order valence-electron chi connectivity index (χ2n) is 5.93. The van der Waals surface area contributed by atoms with E-state index in [4.69, 9.17) is 28.6 Å². The largest absolute Gasteiger partial charge is 0.466 e. The highest BCUT2D eigenvalue weighted by Gasteiger charge is 2.26. The molecule has 0 atom stereocenters. The molecular formula is C16H20ClN5O2S. The summed E-state index contributed by atoms with van der Waals surface area (Å²) in [7, 11) is 0. The third-order valence-corrected chi connectivity index (χ3v) is 4.89. The number of benzene rings is 1. The molecule has 1 saturated heterocycles. The number of carbonyl (C=O) groups is 1. The molecule has 2 aromatic rings. The zero-order chi connectivity index (χ0) is 17.8. The minimum Gasteiger partial charge on any atom is -0.466 e. The fourth-order valence-corrected chi connectivity index (χ4v) is 3.23. The van der Waals surface area contributed by atoms with Gasteiger partial charge in [-0.1, -0.05) is 11.6 Å². The molecule has 134 valence electrons. The summed E-state index contributed by atoms with van der Waals surface area (Å²) in [6, 6.07) is 7.28. The van der Waals surface area contributed by atoms with Gasteiger partial charge < -0.3 is 4.74 Å². The Labute approximate surface area is 156 Å². The molecule has 1 aliphatic rings. The van der Waals surface area contributed by atoms with Crippen LogP contribution in [0.15, 0.2) is 24.3 Å². The quantitative estimate of drug-likeness (QED) is 0.586. The maximum absolute atomic E-state index is 11.8. The van der Waals surface area contributed by atoms with Crippen LogP contribution in [0, 0.1) is 10.7 Å². The lowest BCUT2D eigenvalue weighted by molar-refractivity contribution is -0.149. The van der Waals surface area contributed by atoms with Gasteiger partial charge in [-0.3, -0.25) is 9.69 Å². The molecule has 3 rings (SSSR count). The van der Waals surface area contributed by atoms with Crippen LogP contribution in [0.2, 0.25) is 5.02 Å². The van der Waals surface area contributed by atoms with Gasteiger partial charge in [0.1, 0.15) is 0 Å².